The van der Waals surface area contributed by atoms with Gasteiger partial charge in [-0.25, -0.2) is 13.9 Å². The molecule has 0 aliphatic rings. The number of methoxy groups -OCH3 is 1. The van der Waals surface area contributed by atoms with Gasteiger partial charge in [0.25, 0.3) is 0 Å². The molecule has 2 aromatic rings. The number of hydrogen-bond donors (Lipinski definition) is 2. The maximum Gasteiger partial charge on any atom is 0.345 e. The number of aromatic nitrogens is 2. The minimum absolute atomic E-state index is 0.0957. The van der Waals surface area contributed by atoms with Crippen LogP contribution in [-0.4, -0.2) is 29.4 Å². The van der Waals surface area contributed by atoms with Crippen LogP contribution in [0.25, 0.3) is 5.69 Å². The van der Waals surface area contributed by atoms with Crippen molar-refractivity contribution in [3.63, 3.8) is 0 Å². The fourth-order valence-corrected chi connectivity index (χ4v) is 1.83. The molecule has 0 unspecified atom stereocenters. The highest BCUT2D eigenvalue weighted by molar-refractivity contribution is 5.99. The van der Waals surface area contributed by atoms with Gasteiger partial charge in [-0.2, -0.15) is 0 Å². The van der Waals surface area contributed by atoms with E-state index in [1.807, 2.05) is 6.92 Å². The van der Waals surface area contributed by atoms with Crippen LogP contribution in [0.1, 0.15) is 17.3 Å². The van der Waals surface area contributed by atoms with E-state index in [1.54, 1.807) is 6.07 Å². The van der Waals surface area contributed by atoms with Crippen LogP contribution < -0.4 is 11.1 Å². The predicted molar refractivity (Wildman–Crippen MR) is 73.4 cm³/mol. The maximum absolute atomic E-state index is 13.3. The normalized spacial score (nSPS) is 10.3. The zero-order valence-electron chi connectivity index (χ0n) is 11.2. The Bertz CT molecular complexity index is 639. The van der Waals surface area contributed by atoms with E-state index < -0.39 is 11.8 Å². The summed E-state index contributed by atoms with van der Waals surface area (Å²) in [5.41, 5.74) is 6.50. The Morgan fingerprint density at radius 3 is 2.90 bits per heavy atom. The molecule has 3 N–H and O–H groups in total. The third kappa shape index (κ3) is 2.42. The van der Waals surface area contributed by atoms with Gasteiger partial charge in [0.1, 0.15) is 17.2 Å². The average Bonchev–Trinajstić information content (AvgIpc) is 2.75. The lowest BCUT2D eigenvalue weighted by atomic mass is 10.3. The fourth-order valence-electron chi connectivity index (χ4n) is 1.83. The van der Waals surface area contributed by atoms with Gasteiger partial charge in [-0.15, -0.1) is 5.10 Å². The molecule has 0 bridgehead atoms. The minimum Gasteiger partial charge on any atom is -0.465 e. The number of nitrogens with one attached hydrogen (secondary N) is 1. The molecule has 1 aromatic carbocycles. The number of halogens is 1. The molecule has 0 fully saturated rings. The highest BCUT2D eigenvalue weighted by atomic mass is 19.1. The molecule has 6 nitrogen and oxygen atoms in total. The Kier molecular flexibility index (Phi) is 3.88. The molecule has 0 atom stereocenters. The zero-order valence-corrected chi connectivity index (χ0v) is 11.2. The molecule has 0 radical (unpaired) electrons. The first kappa shape index (κ1) is 13.9. The molecule has 0 aliphatic carbocycles. The average molecular weight is 278 g/mol. The predicted octanol–water partition coefficient (Wildman–Crippen LogP) is 1.81. The van der Waals surface area contributed by atoms with Crippen molar-refractivity contribution < 1.29 is 13.9 Å². The largest absolute Gasteiger partial charge is 0.465 e. The van der Waals surface area contributed by atoms with Gasteiger partial charge in [0.2, 0.25) is 0 Å². The summed E-state index contributed by atoms with van der Waals surface area (Å²) >= 11 is 0. The van der Waals surface area contributed by atoms with Crippen molar-refractivity contribution in [2.75, 3.05) is 24.7 Å². The van der Waals surface area contributed by atoms with E-state index in [0.717, 1.165) is 0 Å². The van der Waals surface area contributed by atoms with Crippen molar-refractivity contribution in [2.24, 2.45) is 0 Å². The Hall–Kier alpha value is -2.57. The molecule has 2 rings (SSSR count). The second kappa shape index (κ2) is 5.60. The zero-order chi connectivity index (χ0) is 14.7. The lowest BCUT2D eigenvalue weighted by Gasteiger charge is -2.04. The molecule has 0 saturated heterocycles. The van der Waals surface area contributed by atoms with Crippen LogP contribution in [-0.2, 0) is 4.74 Å². The number of nitrogen functional groups attached to an aromatic ring is 1. The van der Waals surface area contributed by atoms with Crippen LogP contribution in [0, 0.1) is 5.82 Å². The molecule has 1 heterocycles. The number of carbonyl (C=O) groups excluding carboxylic acids is 1. The van der Waals surface area contributed by atoms with Gasteiger partial charge in [-0.05, 0) is 25.1 Å². The number of nitrogens with two attached hydrogens (primary N) is 1. The van der Waals surface area contributed by atoms with Crippen molar-refractivity contribution >= 4 is 17.6 Å². The highest BCUT2D eigenvalue weighted by Crippen LogP contribution is 2.25. The van der Waals surface area contributed by atoms with Crippen molar-refractivity contribution in [1.82, 2.24) is 9.78 Å². The molecule has 0 saturated carbocycles. The highest BCUT2D eigenvalue weighted by Gasteiger charge is 2.23. The number of hydrogen-bond acceptors (Lipinski definition) is 5. The monoisotopic (exact) mass is 278 g/mol. The summed E-state index contributed by atoms with van der Waals surface area (Å²) in [6.45, 7) is 2.42. The quantitative estimate of drug-likeness (QED) is 0.833. The Labute approximate surface area is 115 Å². The number of rotatable bonds is 4. The van der Waals surface area contributed by atoms with Gasteiger partial charge < -0.3 is 15.8 Å². The maximum atomic E-state index is 13.3. The molecule has 0 spiro atoms. The van der Waals surface area contributed by atoms with E-state index in [4.69, 9.17) is 10.5 Å². The van der Waals surface area contributed by atoms with Gasteiger partial charge >= 0.3 is 5.97 Å². The first-order valence-electron chi connectivity index (χ1n) is 6.05. The summed E-state index contributed by atoms with van der Waals surface area (Å²) in [5, 5.41) is 7.12. The Morgan fingerprint density at radius 1 is 1.55 bits per heavy atom. The topological polar surface area (TPSA) is 82.2 Å². The van der Waals surface area contributed by atoms with Crippen LogP contribution in [0.15, 0.2) is 24.3 Å². The van der Waals surface area contributed by atoms with Crippen molar-refractivity contribution in [1.29, 1.82) is 0 Å². The molecule has 0 aliphatic heterocycles. The van der Waals surface area contributed by atoms with Crippen molar-refractivity contribution in [2.45, 2.75) is 6.92 Å². The summed E-state index contributed by atoms with van der Waals surface area (Å²) in [6, 6.07) is 5.77. The first-order valence-corrected chi connectivity index (χ1v) is 6.05. The number of benzene rings is 1. The fraction of sp³-hybridized carbons (Fsp3) is 0.231. The standard InChI is InChI=1S/C13H15FN4O2/c1-3-16-12-10(13(19)20-2)11(15)18(17-12)9-6-4-5-8(14)7-9/h4-7H,3,15H2,1-2H3,(H,16,17). The summed E-state index contributed by atoms with van der Waals surface area (Å²) in [6.07, 6.45) is 0. The summed E-state index contributed by atoms with van der Waals surface area (Å²) < 4.78 is 19.3. The lowest BCUT2D eigenvalue weighted by Crippen LogP contribution is -2.09. The number of carbonyl (C=O) groups is 1. The van der Waals surface area contributed by atoms with Gasteiger partial charge in [0.05, 0.1) is 12.8 Å². The third-order valence-electron chi connectivity index (χ3n) is 2.71. The van der Waals surface area contributed by atoms with E-state index in [-0.39, 0.29) is 11.4 Å². The van der Waals surface area contributed by atoms with Crippen LogP contribution in [0.5, 0.6) is 0 Å². The minimum atomic E-state index is -0.596. The van der Waals surface area contributed by atoms with Gasteiger partial charge in [-0.1, -0.05) is 6.07 Å². The smallest absolute Gasteiger partial charge is 0.345 e. The van der Waals surface area contributed by atoms with Crippen molar-refractivity contribution in [3.05, 3.63) is 35.6 Å². The molecule has 106 valence electrons. The molecule has 0 amide bonds. The number of anilines is 2. The third-order valence-corrected chi connectivity index (χ3v) is 2.71. The number of nitrogens with zero attached hydrogens (tertiary/aromatic N) is 2. The van der Waals surface area contributed by atoms with Gasteiger partial charge in [0.15, 0.2) is 5.82 Å². The Balaban J connectivity index is 2.58. The van der Waals surface area contributed by atoms with Gasteiger partial charge in [-0.3, -0.25) is 0 Å². The first-order chi connectivity index (χ1) is 9.58. The second-order valence-corrected chi connectivity index (χ2v) is 4.02. The molecule has 7 heteroatoms. The number of esters is 1. The molecule has 20 heavy (non-hydrogen) atoms. The van der Waals surface area contributed by atoms with Crippen molar-refractivity contribution in [3.8, 4) is 5.69 Å². The van der Waals surface area contributed by atoms with Crippen LogP contribution in [0.2, 0.25) is 0 Å². The van der Waals surface area contributed by atoms with E-state index in [2.05, 4.69) is 10.4 Å². The van der Waals surface area contributed by atoms with Crippen LogP contribution >= 0.6 is 0 Å². The van der Waals surface area contributed by atoms with E-state index in [9.17, 15) is 9.18 Å². The van der Waals surface area contributed by atoms with E-state index in [0.29, 0.717) is 18.1 Å². The van der Waals surface area contributed by atoms with Crippen LogP contribution in [0.3, 0.4) is 0 Å². The molecule has 1 aromatic heterocycles. The second-order valence-electron chi connectivity index (χ2n) is 4.02. The van der Waals surface area contributed by atoms with Crippen LogP contribution in [0.4, 0.5) is 16.0 Å². The molecular weight excluding hydrogens is 263 g/mol. The SMILES string of the molecule is CCNc1nn(-c2cccc(F)c2)c(N)c1C(=O)OC. The number of ether oxygens (including phenoxy) is 1. The van der Waals surface area contributed by atoms with Gasteiger partial charge in [0, 0.05) is 6.54 Å². The Morgan fingerprint density at radius 2 is 2.30 bits per heavy atom. The summed E-state index contributed by atoms with van der Waals surface area (Å²) in [7, 11) is 1.26. The van der Waals surface area contributed by atoms with E-state index in [1.165, 1.54) is 30.0 Å². The summed E-state index contributed by atoms with van der Waals surface area (Å²) in [5.74, 6) is -0.609. The lowest BCUT2D eigenvalue weighted by molar-refractivity contribution is 0.0603. The summed E-state index contributed by atoms with van der Waals surface area (Å²) in [4.78, 5) is 11.8. The molecular formula is C13H15FN4O2. The van der Waals surface area contributed by atoms with E-state index >= 15 is 0 Å².